The summed E-state index contributed by atoms with van der Waals surface area (Å²) in [6, 6.07) is 3.42. The maximum absolute atomic E-state index is 11.3. The largest absolute Gasteiger partial charge is 0.289 e. The molecule has 14 heavy (non-hydrogen) atoms. The van der Waals surface area contributed by atoms with Crippen molar-refractivity contribution in [2.24, 2.45) is 0 Å². The number of aromatic nitrogens is 1. The molecular formula is C9H6N2O2S. The minimum absolute atomic E-state index is 0.264. The Morgan fingerprint density at radius 1 is 1.36 bits per heavy atom. The summed E-state index contributed by atoms with van der Waals surface area (Å²) in [5.74, 6) is -0.840. The topological polar surface area (TPSA) is 59.1 Å². The van der Waals surface area contributed by atoms with Crippen LogP contribution in [0.25, 0.3) is 5.57 Å². The summed E-state index contributed by atoms with van der Waals surface area (Å²) in [6.07, 6.45) is 2.77. The average Bonchev–Trinajstić information content (AvgIpc) is 2.46. The van der Waals surface area contributed by atoms with Crippen molar-refractivity contribution in [2.45, 2.75) is 4.90 Å². The van der Waals surface area contributed by atoms with E-state index in [1.165, 1.54) is 6.08 Å². The summed E-state index contributed by atoms with van der Waals surface area (Å²) in [6.45, 7) is 0. The summed E-state index contributed by atoms with van der Waals surface area (Å²) >= 11 is 4.15. The Morgan fingerprint density at radius 2 is 2.14 bits per heavy atom. The summed E-state index contributed by atoms with van der Waals surface area (Å²) in [5.41, 5.74) is 0.694. The number of carbonyl (C=O) groups excluding carboxylic acids is 2. The smallest absolute Gasteiger partial charge is 0.260 e. The molecule has 2 heterocycles. The van der Waals surface area contributed by atoms with E-state index in [9.17, 15) is 9.59 Å². The minimum Gasteiger partial charge on any atom is -0.289 e. The molecule has 0 unspecified atom stereocenters. The maximum atomic E-state index is 11.3. The lowest BCUT2D eigenvalue weighted by molar-refractivity contribution is -0.123. The summed E-state index contributed by atoms with van der Waals surface area (Å²) in [4.78, 5) is 26.7. The van der Waals surface area contributed by atoms with Gasteiger partial charge < -0.3 is 0 Å². The van der Waals surface area contributed by atoms with Crippen LogP contribution in [0.2, 0.25) is 0 Å². The molecular weight excluding hydrogens is 200 g/mol. The van der Waals surface area contributed by atoms with Gasteiger partial charge >= 0.3 is 0 Å². The fraction of sp³-hybridized carbons (Fsp3) is 0. The summed E-state index contributed by atoms with van der Waals surface area (Å²) in [7, 11) is 0. The van der Waals surface area contributed by atoms with Crippen LogP contribution in [0.15, 0.2) is 29.3 Å². The number of hydrogen-bond donors (Lipinski definition) is 2. The molecule has 0 spiro atoms. The first-order chi connectivity index (χ1) is 6.68. The zero-order valence-corrected chi connectivity index (χ0v) is 7.91. The monoisotopic (exact) mass is 206 g/mol. The van der Waals surface area contributed by atoms with Gasteiger partial charge in [-0.25, -0.2) is 0 Å². The SMILES string of the molecule is O=C1C=C(c2ncccc2S)C(=O)N1. The molecule has 1 aromatic heterocycles. The lowest BCUT2D eigenvalue weighted by atomic mass is 10.2. The molecule has 0 atom stereocenters. The average molecular weight is 206 g/mol. The van der Waals surface area contributed by atoms with Crippen molar-refractivity contribution in [1.82, 2.24) is 10.3 Å². The predicted molar refractivity (Wildman–Crippen MR) is 52.6 cm³/mol. The van der Waals surface area contributed by atoms with Gasteiger partial charge in [-0.3, -0.25) is 19.9 Å². The Morgan fingerprint density at radius 3 is 2.71 bits per heavy atom. The van der Waals surface area contributed by atoms with E-state index >= 15 is 0 Å². The molecule has 2 amide bonds. The van der Waals surface area contributed by atoms with Gasteiger partial charge in [0, 0.05) is 17.2 Å². The molecule has 4 nitrogen and oxygen atoms in total. The molecule has 0 radical (unpaired) electrons. The van der Waals surface area contributed by atoms with Crippen LogP contribution in [0.5, 0.6) is 0 Å². The molecule has 1 aliphatic heterocycles. The van der Waals surface area contributed by atoms with Crippen molar-refractivity contribution in [2.75, 3.05) is 0 Å². The van der Waals surface area contributed by atoms with Gasteiger partial charge in [-0.15, -0.1) is 12.6 Å². The lowest BCUT2D eigenvalue weighted by Crippen LogP contribution is -2.22. The number of amides is 2. The minimum atomic E-state index is -0.427. The van der Waals surface area contributed by atoms with Crippen LogP contribution in [0.1, 0.15) is 5.69 Å². The zero-order valence-electron chi connectivity index (χ0n) is 7.02. The summed E-state index contributed by atoms with van der Waals surface area (Å²) in [5, 5.41) is 2.15. The predicted octanol–water partition coefficient (Wildman–Crippen LogP) is 0.410. The van der Waals surface area contributed by atoms with E-state index in [2.05, 4.69) is 22.9 Å². The highest BCUT2D eigenvalue weighted by atomic mass is 32.1. The highest BCUT2D eigenvalue weighted by molar-refractivity contribution is 7.80. The molecule has 0 fully saturated rings. The molecule has 0 aliphatic carbocycles. The molecule has 5 heteroatoms. The van der Waals surface area contributed by atoms with Crippen LogP contribution >= 0.6 is 12.6 Å². The van der Waals surface area contributed by atoms with Crippen LogP contribution in [0, 0.1) is 0 Å². The normalized spacial score (nSPS) is 15.4. The van der Waals surface area contributed by atoms with Crippen molar-refractivity contribution < 1.29 is 9.59 Å². The number of hydrogen-bond acceptors (Lipinski definition) is 4. The molecule has 0 saturated heterocycles. The van der Waals surface area contributed by atoms with Gasteiger partial charge in [-0.2, -0.15) is 0 Å². The lowest BCUT2D eigenvalue weighted by Gasteiger charge is -2.01. The quantitative estimate of drug-likeness (QED) is 0.517. The number of nitrogens with zero attached hydrogens (tertiary/aromatic N) is 1. The third kappa shape index (κ3) is 1.42. The van der Waals surface area contributed by atoms with Crippen molar-refractivity contribution in [3.8, 4) is 0 Å². The van der Waals surface area contributed by atoms with E-state index in [4.69, 9.17) is 0 Å². The van der Waals surface area contributed by atoms with E-state index in [1.54, 1.807) is 18.3 Å². The highest BCUT2D eigenvalue weighted by Gasteiger charge is 2.24. The van der Waals surface area contributed by atoms with Crippen molar-refractivity contribution in [1.29, 1.82) is 0 Å². The van der Waals surface area contributed by atoms with E-state index in [0.29, 0.717) is 10.6 Å². The molecule has 70 valence electrons. The first-order valence-electron chi connectivity index (χ1n) is 3.90. The van der Waals surface area contributed by atoms with Crippen LogP contribution < -0.4 is 5.32 Å². The fourth-order valence-electron chi connectivity index (χ4n) is 1.19. The Kier molecular flexibility index (Phi) is 2.09. The second-order valence-electron chi connectivity index (χ2n) is 2.75. The number of thiol groups is 1. The van der Waals surface area contributed by atoms with Crippen molar-refractivity contribution in [3.63, 3.8) is 0 Å². The number of rotatable bonds is 1. The Hall–Kier alpha value is -1.62. The first-order valence-corrected chi connectivity index (χ1v) is 4.34. The number of carbonyl (C=O) groups is 2. The standard InChI is InChI=1S/C9H6N2O2S/c12-7-4-5(9(13)11-7)8-6(14)2-1-3-10-8/h1-4,14H,(H,11,12,13). The molecule has 2 rings (SSSR count). The Balaban J connectivity index is 2.51. The van der Waals surface area contributed by atoms with E-state index < -0.39 is 11.8 Å². The zero-order chi connectivity index (χ0) is 10.1. The van der Waals surface area contributed by atoms with E-state index in [0.717, 1.165) is 0 Å². The van der Waals surface area contributed by atoms with Gasteiger partial charge in [0.15, 0.2) is 0 Å². The number of imide groups is 1. The van der Waals surface area contributed by atoms with Crippen LogP contribution in [0.4, 0.5) is 0 Å². The van der Waals surface area contributed by atoms with Gasteiger partial charge in [0.25, 0.3) is 11.8 Å². The third-order valence-corrected chi connectivity index (χ3v) is 2.16. The molecule has 0 aromatic carbocycles. The second kappa shape index (κ2) is 3.26. The van der Waals surface area contributed by atoms with Crippen molar-refractivity contribution in [3.05, 3.63) is 30.1 Å². The van der Waals surface area contributed by atoms with Gasteiger partial charge in [-0.05, 0) is 12.1 Å². The van der Waals surface area contributed by atoms with Crippen molar-refractivity contribution >= 4 is 30.0 Å². The summed E-state index contributed by atoms with van der Waals surface area (Å²) < 4.78 is 0. The molecule has 1 aromatic rings. The Labute approximate surface area is 85.4 Å². The van der Waals surface area contributed by atoms with Gasteiger partial charge in [0.2, 0.25) is 0 Å². The number of nitrogens with one attached hydrogen (secondary N) is 1. The van der Waals surface area contributed by atoms with Crippen LogP contribution in [-0.4, -0.2) is 16.8 Å². The number of pyridine rings is 1. The fourth-order valence-corrected chi connectivity index (χ4v) is 1.46. The van der Waals surface area contributed by atoms with Gasteiger partial charge in [0.05, 0.1) is 11.3 Å². The van der Waals surface area contributed by atoms with Gasteiger partial charge in [0.1, 0.15) is 0 Å². The van der Waals surface area contributed by atoms with Crippen LogP contribution in [0.3, 0.4) is 0 Å². The van der Waals surface area contributed by atoms with E-state index in [1.807, 2.05) is 0 Å². The highest BCUT2D eigenvalue weighted by Crippen LogP contribution is 2.21. The molecule has 0 saturated carbocycles. The van der Waals surface area contributed by atoms with Gasteiger partial charge in [-0.1, -0.05) is 0 Å². The van der Waals surface area contributed by atoms with Crippen LogP contribution in [-0.2, 0) is 9.59 Å². The molecule has 1 N–H and O–H groups in total. The Bertz CT molecular complexity index is 454. The second-order valence-corrected chi connectivity index (χ2v) is 3.23. The van der Waals surface area contributed by atoms with E-state index in [-0.39, 0.29) is 5.57 Å². The molecule has 1 aliphatic rings. The first kappa shape index (κ1) is 8.96. The molecule has 0 bridgehead atoms. The maximum Gasteiger partial charge on any atom is 0.260 e. The third-order valence-electron chi connectivity index (χ3n) is 1.80.